The highest BCUT2D eigenvalue weighted by Gasteiger charge is 2.31. The van der Waals surface area contributed by atoms with Gasteiger partial charge in [0.2, 0.25) is 29.5 Å². The van der Waals surface area contributed by atoms with Crippen LogP contribution in [0.3, 0.4) is 0 Å². The van der Waals surface area contributed by atoms with Crippen LogP contribution in [0.15, 0.2) is 67.0 Å². The van der Waals surface area contributed by atoms with Crippen molar-refractivity contribution in [2.45, 2.75) is 109 Å². The van der Waals surface area contributed by atoms with Crippen LogP contribution in [-0.4, -0.2) is 146 Å². The lowest BCUT2D eigenvalue weighted by Crippen LogP contribution is -2.40. The number of nitrogens with two attached hydrogens (primary N) is 1. The monoisotopic (exact) mass is 1120 g/mol. The molecule has 6 N–H and O–H groups in total. The molecule has 6 amide bonds. The Kier molecular flexibility index (Phi) is 19.4. The van der Waals surface area contributed by atoms with Gasteiger partial charge in [-0.1, -0.05) is 30.7 Å². The van der Waals surface area contributed by atoms with E-state index in [0.717, 1.165) is 62.2 Å². The van der Waals surface area contributed by atoms with Gasteiger partial charge in [-0.2, -0.15) is 10.2 Å². The van der Waals surface area contributed by atoms with Gasteiger partial charge in [0.25, 0.3) is 5.91 Å². The van der Waals surface area contributed by atoms with E-state index in [1.54, 1.807) is 52.8 Å². The molecule has 3 aliphatic heterocycles. The predicted octanol–water partition coefficient (Wildman–Crippen LogP) is 5.72. The summed E-state index contributed by atoms with van der Waals surface area (Å²) in [5.41, 5.74) is 10.6. The van der Waals surface area contributed by atoms with Crippen LogP contribution in [0.25, 0.3) is 32.9 Å². The van der Waals surface area contributed by atoms with Crippen molar-refractivity contribution in [3.8, 4) is 11.1 Å². The number of hydrogen-bond acceptors (Lipinski definition) is 14. The van der Waals surface area contributed by atoms with Crippen LogP contribution in [0.5, 0.6) is 0 Å². The van der Waals surface area contributed by atoms with E-state index in [9.17, 15) is 33.6 Å². The Bertz CT molecular complexity index is 3290. The van der Waals surface area contributed by atoms with E-state index in [2.05, 4.69) is 48.4 Å². The molecular weight excluding hydrogens is 1050 g/mol. The Labute approximate surface area is 475 Å². The maximum atomic E-state index is 16.0. The van der Waals surface area contributed by atoms with E-state index in [1.807, 2.05) is 29.2 Å². The molecule has 9 rings (SSSR count). The topological polar surface area (TPSA) is 274 Å². The molecule has 0 radical (unpaired) electrons. The van der Waals surface area contributed by atoms with Crippen molar-refractivity contribution in [3.05, 3.63) is 89.8 Å². The number of halogens is 1. The van der Waals surface area contributed by atoms with Crippen molar-refractivity contribution in [3.63, 3.8) is 0 Å². The van der Waals surface area contributed by atoms with Crippen LogP contribution >= 0.6 is 0 Å². The fraction of sp³-hybridized carbons (Fsp3) is 0.475. The summed E-state index contributed by atoms with van der Waals surface area (Å²) in [6.45, 7) is 5.32. The normalized spacial score (nSPS) is 15.1. The Morgan fingerprint density at radius 2 is 1.43 bits per heavy atom. The number of piperidine rings is 3. The Hall–Kier alpha value is -8.50. The van der Waals surface area contributed by atoms with Crippen LogP contribution in [0, 0.1) is 5.82 Å². The number of aromatic nitrogens is 6. The lowest BCUT2D eigenvalue weighted by Gasteiger charge is -2.32. The van der Waals surface area contributed by atoms with Gasteiger partial charge >= 0.3 is 5.97 Å². The van der Waals surface area contributed by atoms with Gasteiger partial charge in [0.15, 0.2) is 11.5 Å². The molecule has 0 atom stereocenters. The van der Waals surface area contributed by atoms with Gasteiger partial charge in [-0.25, -0.2) is 14.4 Å². The highest BCUT2D eigenvalue weighted by Crippen LogP contribution is 2.40. The van der Waals surface area contributed by atoms with E-state index >= 15 is 4.39 Å². The third kappa shape index (κ3) is 14.5. The number of anilines is 3. The summed E-state index contributed by atoms with van der Waals surface area (Å²) in [7, 11) is 1.78. The number of carbonyl (C=O) groups excluding carboxylic acids is 7. The van der Waals surface area contributed by atoms with Gasteiger partial charge in [0.1, 0.15) is 24.7 Å². The molecule has 82 heavy (non-hydrogen) atoms. The first-order chi connectivity index (χ1) is 39.7. The molecule has 3 aliphatic rings. The van der Waals surface area contributed by atoms with Crippen LogP contribution in [0.1, 0.15) is 124 Å². The fourth-order valence-electron chi connectivity index (χ4n) is 11.3. The molecule has 434 valence electrons. The van der Waals surface area contributed by atoms with Crippen molar-refractivity contribution in [2.24, 2.45) is 12.8 Å². The van der Waals surface area contributed by atoms with Gasteiger partial charge in [-0.15, -0.1) is 0 Å². The van der Waals surface area contributed by atoms with E-state index in [0.29, 0.717) is 110 Å². The highest BCUT2D eigenvalue weighted by molar-refractivity contribution is 6.00. The molecule has 0 aliphatic carbocycles. The molecule has 3 aromatic carbocycles. The van der Waals surface area contributed by atoms with Crippen LogP contribution in [-0.2, 0) is 47.1 Å². The molecule has 22 nitrogen and oxygen atoms in total. The van der Waals surface area contributed by atoms with E-state index < -0.39 is 29.5 Å². The van der Waals surface area contributed by atoms with E-state index in [-0.39, 0.29) is 68.4 Å². The number of benzene rings is 3. The van der Waals surface area contributed by atoms with Crippen molar-refractivity contribution >= 4 is 80.5 Å². The molecule has 23 heteroatoms. The van der Waals surface area contributed by atoms with Crippen LogP contribution in [0.2, 0.25) is 0 Å². The molecule has 0 bridgehead atoms. The molecule has 6 aromatic rings. The van der Waals surface area contributed by atoms with Gasteiger partial charge in [-0.05, 0) is 112 Å². The number of unbranched alkanes of at least 4 members (excludes halogenated alkanes) is 2. The maximum absolute atomic E-state index is 16.0. The number of nitrogens with zero attached hydrogens (tertiary/aromatic N) is 9. The SMILES string of the molecule is CCOC(=O)CNC(=O)CNC(=O)Cn1nc(C2CCN(C(=O)CCC(=O)NCCCCCC(=O)N3CCC(c4ccc(Nc5nc(N6CCCCC6)cnc5C(N)=O)cc4)CC3)CC2)c2c(-c3cc4c(cnn4C)cc3F)cccc21. The summed E-state index contributed by atoms with van der Waals surface area (Å²) < 4.78 is 24.0. The first-order valence-corrected chi connectivity index (χ1v) is 28.6. The largest absolute Gasteiger partial charge is 0.465 e. The number of nitrogens with one attached hydrogen (secondary N) is 4. The molecule has 3 fully saturated rings. The minimum Gasteiger partial charge on any atom is -0.465 e. The third-order valence-electron chi connectivity index (χ3n) is 15.8. The van der Waals surface area contributed by atoms with Crippen molar-refractivity contribution < 1.29 is 42.7 Å². The minimum absolute atomic E-state index is 0.0503. The Morgan fingerprint density at radius 3 is 2.15 bits per heavy atom. The van der Waals surface area contributed by atoms with Crippen molar-refractivity contribution in [2.75, 3.05) is 75.7 Å². The number of fused-ring (bicyclic) bond motifs is 2. The number of esters is 1. The number of hydrogen-bond donors (Lipinski definition) is 5. The molecule has 3 saturated heterocycles. The number of rotatable bonds is 23. The zero-order chi connectivity index (χ0) is 57.7. The van der Waals surface area contributed by atoms with Gasteiger partial charge < -0.3 is 46.4 Å². The molecule has 6 heterocycles. The standard InChI is InChI=1S/C59H73FN14O8/c1-3-82-54(80)36-64-50(76)35-63-51(77)37-74-46-12-10-11-43(44-32-47-41(31-45(44)60)33-66-70(47)2)55(46)56(69-74)40-22-29-73(30-23-40)53(79)19-18-49(75)62-24-7-4-6-13-52(78)72-27-20-39(21-28-72)38-14-16-42(17-15-38)67-59-57(58(61)81)65-34-48(68-59)71-25-8-5-9-26-71/h10-12,14-17,31-34,39-40H,3-9,13,18-30,35-37H2,1-2H3,(H2,61,81)(H,62,75)(H,63,77)(H,64,76)(H,67,68). The average molecular weight is 1130 g/mol. The predicted molar refractivity (Wildman–Crippen MR) is 306 cm³/mol. The number of primary amides is 1. The first kappa shape index (κ1) is 58.2. The number of likely N-dealkylation sites (tertiary alicyclic amines) is 2. The summed E-state index contributed by atoms with van der Waals surface area (Å²) in [6.07, 6.45) is 12.1. The Balaban J connectivity index is 0.695. The molecule has 0 saturated carbocycles. The number of amides is 6. The number of ether oxygens (including phenoxy) is 1. The molecule has 3 aromatic heterocycles. The average Bonchev–Trinajstić information content (AvgIpc) is 4.24. The first-order valence-electron chi connectivity index (χ1n) is 28.6. The summed E-state index contributed by atoms with van der Waals surface area (Å²) in [6, 6.07) is 16.7. The second-order valence-electron chi connectivity index (χ2n) is 21.3. The second-order valence-corrected chi connectivity index (χ2v) is 21.3. The highest BCUT2D eigenvalue weighted by atomic mass is 19.1. The van der Waals surface area contributed by atoms with Gasteiger partial charge in [-0.3, -0.25) is 42.9 Å². The summed E-state index contributed by atoms with van der Waals surface area (Å²) in [5.74, 6) is -1.74. The quantitative estimate of drug-likeness (QED) is 0.0380. The summed E-state index contributed by atoms with van der Waals surface area (Å²) in [5, 5.41) is 21.7. The molecule has 0 spiro atoms. The number of carbonyl (C=O) groups is 7. The van der Waals surface area contributed by atoms with Crippen molar-refractivity contribution in [1.82, 2.24) is 55.3 Å². The van der Waals surface area contributed by atoms with Crippen LogP contribution < -0.4 is 31.9 Å². The molecule has 0 unspecified atom stereocenters. The van der Waals surface area contributed by atoms with Crippen LogP contribution in [0.4, 0.5) is 21.7 Å². The van der Waals surface area contributed by atoms with E-state index in [1.165, 1.54) is 18.1 Å². The number of aryl methyl sites for hydroxylation is 1. The third-order valence-corrected chi connectivity index (χ3v) is 15.8. The lowest BCUT2D eigenvalue weighted by atomic mass is 9.88. The zero-order valence-corrected chi connectivity index (χ0v) is 46.7. The second kappa shape index (κ2) is 27.3. The Morgan fingerprint density at radius 1 is 0.720 bits per heavy atom. The van der Waals surface area contributed by atoms with Gasteiger partial charge in [0, 0.05) is 100 Å². The smallest absolute Gasteiger partial charge is 0.325 e. The summed E-state index contributed by atoms with van der Waals surface area (Å²) >= 11 is 0. The fourth-order valence-corrected chi connectivity index (χ4v) is 11.3. The maximum Gasteiger partial charge on any atom is 0.325 e. The van der Waals surface area contributed by atoms with Crippen molar-refractivity contribution in [1.29, 1.82) is 0 Å². The lowest BCUT2D eigenvalue weighted by molar-refractivity contribution is -0.143. The van der Waals surface area contributed by atoms with Gasteiger partial charge in [0.05, 0.1) is 42.3 Å². The molecular formula is C59H73FN14O8. The summed E-state index contributed by atoms with van der Waals surface area (Å²) in [4.78, 5) is 104. The van der Waals surface area contributed by atoms with E-state index in [4.69, 9.17) is 20.6 Å². The minimum atomic E-state index is -0.646. The zero-order valence-electron chi connectivity index (χ0n) is 46.7.